The molecule has 21 heavy (non-hydrogen) atoms. The lowest BCUT2D eigenvalue weighted by Gasteiger charge is -2.23. The zero-order valence-electron chi connectivity index (χ0n) is 14.7. The van der Waals surface area contributed by atoms with E-state index < -0.39 is 0 Å². The molecule has 3 heteroatoms. The summed E-state index contributed by atoms with van der Waals surface area (Å²) >= 11 is 0. The monoisotopic (exact) mass is 296 g/mol. The van der Waals surface area contributed by atoms with Crippen LogP contribution in [0.5, 0.6) is 0 Å². The molecule has 0 aliphatic carbocycles. The van der Waals surface area contributed by atoms with Gasteiger partial charge < -0.3 is 4.90 Å². The molecule has 1 aliphatic heterocycles. The highest BCUT2D eigenvalue weighted by Crippen LogP contribution is 2.19. The van der Waals surface area contributed by atoms with E-state index in [1.54, 1.807) is 0 Å². The van der Waals surface area contributed by atoms with Gasteiger partial charge >= 0.3 is 0 Å². The van der Waals surface area contributed by atoms with E-state index in [0.717, 1.165) is 44.6 Å². The molecule has 0 radical (unpaired) electrons. The molecule has 1 aliphatic rings. The Morgan fingerprint density at radius 2 is 1.81 bits per heavy atom. The van der Waals surface area contributed by atoms with Crippen LogP contribution in [0.4, 0.5) is 0 Å². The Hall–Kier alpha value is -0.570. The van der Waals surface area contributed by atoms with Crippen LogP contribution in [0.1, 0.15) is 85.5 Å². The zero-order valence-corrected chi connectivity index (χ0v) is 14.7. The van der Waals surface area contributed by atoms with Crippen molar-refractivity contribution in [2.75, 3.05) is 6.54 Å². The van der Waals surface area contributed by atoms with E-state index in [4.69, 9.17) is 0 Å². The Labute approximate surface area is 131 Å². The van der Waals surface area contributed by atoms with Crippen molar-refractivity contribution >= 4 is 5.91 Å². The van der Waals surface area contributed by atoms with Gasteiger partial charge in [-0.25, -0.2) is 0 Å². The molecule has 0 saturated carbocycles. The molecule has 1 amide bonds. The van der Waals surface area contributed by atoms with Gasteiger partial charge in [-0.05, 0) is 25.2 Å². The van der Waals surface area contributed by atoms with Crippen LogP contribution in [0.3, 0.4) is 0 Å². The van der Waals surface area contributed by atoms with Gasteiger partial charge in [0.2, 0.25) is 5.91 Å². The van der Waals surface area contributed by atoms with Crippen molar-refractivity contribution in [1.82, 2.24) is 10.2 Å². The lowest BCUT2D eigenvalue weighted by Crippen LogP contribution is -2.37. The smallest absolute Gasteiger partial charge is 0.241 e. The number of carbonyl (C=O) groups excluding carboxylic acids is 1. The van der Waals surface area contributed by atoms with E-state index in [-0.39, 0.29) is 12.2 Å². The van der Waals surface area contributed by atoms with E-state index in [9.17, 15) is 4.79 Å². The fourth-order valence-corrected chi connectivity index (χ4v) is 3.15. The van der Waals surface area contributed by atoms with E-state index in [2.05, 4.69) is 37.9 Å². The van der Waals surface area contributed by atoms with Crippen LogP contribution in [0, 0.1) is 5.92 Å². The highest BCUT2D eigenvalue weighted by atomic mass is 16.2. The van der Waals surface area contributed by atoms with Gasteiger partial charge in [-0.3, -0.25) is 10.1 Å². The fourth-order valence-electron chi connectivity index (χ4n) is 3.15. The normalized spacial score (nSPS) is 22.5. The second-order valence-electron chi connectivity index (χ2n) is 6.91. The van der Waals surface area contributed by atoms with Crippen LogP contribution in [-0.4, -0.2) is 29.6 Å². The summed E-state index contributed by atoms with van der Waals surface area (Å²) in [6.07, 6.45) is 11.0. The quantitative estimate of drug-likeness (QED) is 0.576. The zero-order chi connectivity index (χ0) is 15.7. The van der Waals surface area contributed by atoms with Crippen LogP contribution in [-0.2, 0) is 4.79 Å². The molecular weight excluding hydrogens is 260 g/mol. The van der Waals surface area contributed by atoms with Crippen LogP contribution in [0.15, 0.2) is 0 Å². The lowest BCUT2D eigenvalue weighted by molar-refractivity contribution is -0.130. The molecule has 124 valence electrons. The maximum Gasteiger partial charge on any atom is 0.241 e. The van der Waals surface area contributed by atoms with Gasteiger partial charge in [0, 0.05) is 6.54 Å². The van der Waals surface area contributed by atoms with Crippen LogP contribution >= 0.6 is 0 Å². The van der Waals surface area contributed by atoms with E-state index >= 15 is 0 Å². The predicted molar refractivity (Wildman–Crippen MR) is 90.2 cm³/mol. The minimum Gasteiger partial charge on any atom is -0.326 e. The Morgan fingerprint density at radius 3 is 2.43 bits per heavy atom. The van der Waals surface area contributed by atoms with Gasteiger partial charge in [-0.2, -0.15) is 0 Å². The molecule has 0 aromatic carbocycles. The first-order valence-corrected chi connectivity index (χ1v) is 9.16. The number of hydrogen-bond donors (Lipinski definition) is 1. The number of carbonyl (C=O) groups is 1. The first-order chi connectivity index (χ1) is 10.1. The largest absolute Gasteiger partial charge is 0.326 e. The van der Waals surface area contributed by atoms with Gasteiger partial charge in [-0.1, -0.05) is 66.2 Å². The number of hydrogen-bond acceptors (Lipinski definition) is 2. The summed E-state index contributed by atoms with van der Waals surface area (Å²) in [6.45, 7) is 9.87. The van der Waals surface area contributed by atoms with Gasteiger partial charge in [0.15, 0.2) is 0 Å². The van der Waals surface area contributed by atoms with Gasteiger partial charge in [0.25, 0.3) is 0 Å². The Morgan fingerprint density at radius 1 is 1.10 bits per heavy atom. The minimum absolute atomic E-state index is 0.0795. The van der Waals surface area contributed by atoms with Crippen LogP contribution in [0.2, 0.25) is 0 Å². The maximum atomic E-state index is 12.5. The SMILES string of the molecule is CCCCC1NC(CC)N(CCCCCCC(C)C)C1=O. The molecule has 1 rings (SSSR count). The second kappa shape index (κ2) is 10.2. The summed E-state index contributed by atoms with van der Waals surface area (Å²) in [5, 5.41) is 3.52. The van der Waals surface area contributed by atoms with Gasteiger partial charge in [0.1, 0.15) is 0 Å². The van der Waals surface area contributed by atoms with Crippen molar-refractivity contribution in [1.29, 1.82) is 0 Å². The molecule has 1 fully saturated rings. The first kappa shape index (κ1) is 18.5. The number of amides is 1. The second-order valence-corrected chi connectivity index (χ2v) is 6.91. The third kappa shape index (κ3) is 6.37. The van der Waals surface area contributed by atoms with Crippen molar-refractivity contribution < 1.29 is 4.79 Å². The molecule has 2 atom stereocenters. The lowest BCUT2D eigenvalue weighted by atomic mass is 10.0. The highest BCUT2D eigenvalue weighted by Gasteiger charge is 2.36. The molecule has 2 unspecified atom stereocenters. The first-order valence-electron chi connectivity index (χ1n) is 9.16. The maximum absolute atomic E-state index is 12.5. The van der Waals surface area contributed by atoms with E-state index in [1.165, 1.54) is 25.7 Å². The molecule has 0 spiro atoms. The number of unbranched alkanes of at least 4 members (excludes halogenated alkanes) is 4. The molecule has 1 heterocycles. The average molecular weight is 296 g/mol. The third-order valence-electron chi connectivity index (χ3n) is 4.51. The van der Waals surface area contributed by atoms with E-state index in [0.29, 0.717) is 5.91 Å². The molecule has 0 aromatic heterocycles. The van der Waals surface area contributed by atoms with Crippen molar-refractivity contribution in [3.63, 3.8) is 0 Å². The van der Waals surface area contributed by atoms with Gasteiger partial charge in [0.05, 0.1) is 12.2 Å². The summed E-state index contributed by atoms with van der Waals surface area (Å²) in [5.41, 5.74) is 0. The molecular formula is C18H36N2O. The predicted octanol–water partition coefficient (Wildman–Crippen LogP) is 4.32. The van der Waals surface area contributed by atoms with Crippen molar-refractivity contribution in [3.8, 4) is 0 Å². The van der Waals surface area contributed by atoms with E-state index in [1.807, 2.05) is 0 Å². The van der Waals surface area contributed by atoms with Crippen LogP contribution < -0.4 is 5.32 Å². The number of rotatable bonds is 11. The molecule has 0 aromatic rings. The molecule has 0 bridgehead atoms. The minimum atomic E-state index is 0.0795. The number of nitrogens with one attached hydrogen (secondary N) is 1. The Balaban J connectivity index is 2.26. The highest BCUT2D eigenvalue weighted by molar-refractivity contribution is 5.84. The number of nitrogens with zero attached hydrogens (tertiary/aromatic N) is 1. The third-order valence-corrected chi connectivity index (χ3v) is 4.51. The van der Waals surface area contributed by atoms with Crippen molar-refractivity contribution in [2.24, 2.45) is 5.92 Å². The molecule has 1 N–H and O–H groups in total. The molecule has 1 saturated heterocycles. The van der Waals surface area contributed by atoms with Gasteiger partial charge in [-0.15, -0.1) is 0 Å². The Kier molecular flexibility index (Phi) is 8.98. The van der Waals surface area contributed by atoms with Crippen LogP contribution in [0.25, 0.3) is 0 Å². The summed E-state index contributed by atoms with van der Waals surface area (Å²) in [4.78, 5) is 14.6. The Bertz CT molecular complexity index is 291. The summed E-state index contributed by atoms with van der Waals surface area (Å²) in [6, 6.07) is 0.0795. The van der Waals surface area contributed by atoms with Crippen molar-refractivity contribution in [3.05, 3.63) is 0 Å². The topological polar surface area (TPSA) is 32.3 Å². The van der Waals surface area contributed by atoms with Crippen molar-refractivity contribution in [2.45, 2.75) is 97.7 Å². The summed E-state index contributed by atoms with van der Waals surface area (Å²) < 4.78 is 0. The summed E-state index contributed by atoms with van der Waals surface area (Å²) in [5.74, 6) is 1.16. The summed E-state index contributed by atoms with van der Waals surface area (Å²) in [7, 11) is 0. The average Bonchev–Trinajstić information content (AvgIpc) is 2.76. The fraction of sp³-hybridized carbons (Fsp3) is 0.944. The molecule has 3 nitrogen and oxygen atoms in total. The standard InChI is InChI=1S/C18H36N2O/c1-5-7-13-16-18(21)20(17(6-2)19-16)14-11-9-8-10-12-15(3)4/h15-17,19H,5-14H2,1-4H3.